The van der Waals surface area contributed by atoms with Gasteiger partial charge in [-0.05, 0) is 24.3 Å². The maximum Gasteiger partial charge on any atom is 1.00 e. The molecule has 4 nitrogen and oxygen atoms in total. The Labute approximate surface area is 110 Å². The summed E-state index contributed by atoms with van der Waals surface area (Å²) in [6, 6.07) is 6.47. The molecule has 0 bridgehead atoms. The van der Waals surface area contributed by atoms with Gasteiger partial charge in [0.05, 0.1) is 0 Å². The topological polar surface area (TPSA) is 66.4 Å². The summed E-state index contributed by atoms with van der Waals surface area (Å²) < 4.78 is 29.1. The van der Waals surface area contributed by atoms with Crippen LogP contribution < -0.4 is 34.9 Å². The van der Waals surface area contributed by atoms with Crippen molar-refractivity contribution in [3.63, 3.8) is 0 Å². The molecule has 0 saturated carbocycles. The van der Waals surface area contributed by atoms with Gasteiger partial charge in [-0.25, -0.2) is 0 Å². The molecule has 72 valence electrons. The molecule has 1 rings (SSSR count). The number of benzene rings is 1. The molecule has 0 saturated heterocycles. The average molecular weight is 245 g/mol. The molecule has 0 unspecified atom stereocenters. The van der Waals surface area contributed by atoms with Crippen LogP contribution in [0.3, 0.4) is 0 Å². The van der Waals surface area contributed by atoms with Crippen molar-refractivity contribution in [1.29, 1.82) is 0 Å². The Morgan fingerprint density at radius 3 is 2.21 bits per heavy atom. The predicted octanol–water partition coefficient (Wildman–Crippen LogP) is -1.40. The Hall–Kier alpha value is 0.220. The first-order valence-electron chi connectivity index (χ1n) is 3.42. The first-order valence-corrected chi connectivity index (χ1v) is 5.41. The molecule has 2 N–H and O–H groups in total. The van der Waals surface area contributed by atoms with Crippen molar-refractivity contribution in [2.24, 2.45) is 0 Å². The monoisotopic (exact) mass is 244 g/mol. The van der Waals surface area contributed by atoms with E-state index < -0.39 is 16.0 Å². The van der Waals surface area contributed by atoms with Crippen LogP contribution in [0, 0.1) is 0 Å². The summed E-state index contributed by atoms with van der Waals surface area (Å²) in [5.74, 6) is -0.505. The second-order valence-corrected chi connectivity index (χ2v) is 4.30. The van der Waals surface area contributed by atoms with Crippen molar-refractivity contribution in [2.45, 2.75) is 0 Å². The third-order valence-corrected chi connectivity index (χ3v) is 2.06. The molecule has 0 aromatic heterocycles. The van der Waals surface area contributed by atoms with E-state index in [2.05, 4.69) is 5.32 Å². The van der Waals surface area contributed by atoms with Gasteiger partial charge in [0, 0.05) is 10.7 Å². The number of hydrogen-bond donors (Lipinski definition) is 2. The molecule has 1 aromatic carbocycles. The van der Waals surface area contributed by atoms with Crippen LogP contribution in [0.25, 0.3) is 0 Å². The number of anilines is 1. The van der Waals surface area contributed by atoms with E-state index in [9.17, 15) is 8.42 Å². The van der Waals surface area contributed by atoms with E-state index in [0.29, 0.717) is 10.7 Å². The Morgan fingerprint density at radius 2 is 1.79 bits per heavy atom. The van der Waals surface area contributed by atoms with E-state index in [0.717, 1.165) is 0 Å². The maximum atomic E-state index is 10.3. The number of hydrogen-bond acceptors (Lipinski definition) is 3. The molecule has 0 fully saturated rings. The minimum Gasteiger partial charge on any atom is -0.370 e. The largest absolute Gasteiger partial charge is 1.00 e. The normalized spacial score (nSPS) is 10.4. The Morgan fingerprint density at radius 1 is 1.29 bits per heavy atom. The van der Waals surface area contributed by atoms with E-state index in [1.54, 1.807) is 24.3 Å². The van der Waals surface area contributed by atoms with Crippen LogP contribution in [0.15, 0.2) is 24.3 Å². The first kappa shape index (κ1) is 14.2. The Bertz CT molecular complexity index is 378. The number of rotatable bonds is 3. The van der Waals surface area contributed by atoms with Crippen LogP contribution in [0.5, 0.6) is 0 Å². The van der Waals surface area contributed by atoms with Crippen LogP contribution >= 0.6 is 11.6 Å². The molecule has 7 heteroatoms. The van der Waals surface area contributed by atoms with Gasteiger partial charge in [-0.15, -0.1) is 0 Å². The van der Waals surface area contributed by atoms with Crippen LogP contribution in [-0.4, -0.2) is 18.8 Å². The van der Waals surface area contributed by atoms with E-state index in [1.807, 2.05) is 0 Å². The van der Waals surface area contributed by atoms with Crippen molar-refractivity contribution in [1.82, 2.24) is 0 Å². The predicted molar refractivity (Wildman–Crippen MR) is 51.5 cm³/mol. The molecule has 0 amide bonds. The van der Waals surface area contributed by atoms with Gasteiger partial charge in [-0.3, -0.25) is 4.55 Å². The van der Waals surface area contributed by atoms with Gasteiger partial charge in [-0.1, -0.05) is 11.6 Å². The van der Waals surface area contributed by atoms with Crippen molar-refractivity contribution >= 4 is 27.4 Å². The second kappa shape index (κ2) is 5.95. The van der Waals surface area contributed by atoms with Crippen molar-refractivity contribution in [3.8, 4) is 0 Å². The number of nitrogens with one attached hydrogen (secondary N) is 1. The van der Waals surface area contributed by atoms with Crippen LogP contribution in [0.2, 0.25) is 5.02 Å². The number of halogens is 1. The van der Waals surface area contributed by atoms with Gasteiger partial charge in [-0.2, -0.15) is 8.42 Å². The standard InChI is InChI=1S/C7H8ClNO3S.Na/c8-6-1-3-7(4-2-6)9-5-13(10,11)12;/h1-4,9H,5H2,(H,10,11,12);/q;+1. The summed E-state index contributed by atoms with van der Waals surface area (Å²) in [5.41, 5.74) is 0.585. The summed E-state index contributed by atoms with van der Waals surface area (Å²) in [6.07, 6.45) is 0. The van der Waals surface area contributed by atoms with Crippen LogP contribution in [0.4, 0.5) is 5.69 Å². The van der Waals surface area contributed by atoms with E-state index in [-0.39, 0.29) is 29.6 Å². The van der Waals surface area contributed by atoms with Crippen molar-refractivity contribution in [3.05, 3.63) is 29.3 Å². The molecule has 0 spiro atoms. The Kier molecular flexibility index (Phi) is 6.04. The third kappa shape index (κ3) is 5.85. The minimum absolute atomic E-state index is 0. The van der Waals surface area contributed by atoms with Crippen LogP contribution in [0.1, 0.15) is 0 Å². The molecule has 0 aliphatic carbocycles. The zero-order valence-electron chi connectivity index (χ0n) is 7.57. The second-order valence-electron chi connectivity index (χ2n) is 2.41. The summed E-state index contributed by atoms with van der Waals surface area (Å²) in [4.78, 5) is 0. The third-order valence-electron chi connectivity index (χ3n) is 1.30. The van der Waals surface area contributed by atoms with Gasteiger partial charge in [0.15, 0.2) is 0 Å². The maximum absolute atomic E-state index is 10.3. The fourth-order valence-corrected chi connectivity index (χ4v) is 1.22. The fraction of sp³-hybridized carbons (Fsp3) is 0.143. The minimum atomic E-state index is -3.98. The van der Waals surface area contributed by atoms with Gasteiger partial charge in [0.2, 0.25) is 0 Å². The van der Waals surface area contributed by atoms with Crippen molar-refractivity contribution < 1.29 is 42.5 Å². The molecule has 0 heterocycles. The molecule has 0 aliphatic heterocycles. The molecule has 14 heavy (non-hydrogen) atoms. The quantitative estimate of drug-likeness (QED) is 0.507. The zero-order chi connectivity index (χ0) is 9.90. The smallest absolute Gasteiger partial charge is 0.370 e. The van der Waals surface area contributed by atoms with Gasteiger partial charge >= 0.3 is 29.6 Å². The molecule has 0 atom stereocenters. The molecular formula is C7H8ClNNaO3S+. The molecule has 0 aliphatic rings. The van der Waals surface area contributed by atoms with Gasteiger partial charge < -0.3 is 5.32 Å². The molecule has 0 radical (unpaired) electrons. The fourth-order valence-electron chi connectivity index (χ4n) is 0.742. The molecule has 1 aromatic rings. The average Bonchev–Trinajstić information content (AvgIpc) is 2.02. The first-order chi connectivity index (χ1) is 5.97. The Balaban J connectivity index is 0.00000169. The van der Waals surface area contributed by atoms with E-state index >= 15 is 0 Å². The van der Waals surface area contributed by atoms with Gasteiger partial charge in [0.1, 0.15) is 5.88 Å². The van der Waals surface area contributed by atoms with Gasteiger partial charge in [0.25, 0.3) is 10.1 Å². The van der Waals surface area contributed by atoms with Crippen LogP contribution in [-0.2, 0) is 10.1 Å². The van der Waals surface area contributed by atoms with Crippen molar-refractivity contribution in [2.75, 3.05) is 11.2 Å². The summed E-state index contributed by atoms with van der Waals surface area (Å²) in [7, 11) is -3.98. The van der Waals surface area contributed by atoms with E-state index in [4.69, 9.17) is 16.2 Å². The van der Waals surface area contributed by atoms with E-state index in [1.165, 1.54) is 0 Å². The SMILES string of the molecule is O=S(=O)(O)CNc1ccc(Cl)cc1.[Na+]. The molecular weight excluding hydrogens is 237 g/mol. The summed E-state index contributed by atoms with van der Waals surface area (Å²) in [6.45, 7) is 0. The summed E-state index contributed by atoms with van der Waals surface area (Å²) in [5, 5.41) is 3.08. The zero-order valence-corrected chi connectivity index (χ0v) is 11.1. The summed E-state index contributed by atoms with van der Waals surface area (Å²) >= 11 is 5.61.